The van der Waals surface area contributed by atoms with Crippen LogP contribution in [-0.4, -0.2) is 33.0 Å². The van der Waals surface area contributed by atoms with E-state index in [0.717, 1.165) is 11.3 Å². The molecule has 0 radical (unpaired) electrons. The van der Waals surface area contributed by atoms with Crippen LogP contribution >= 0.6 is 0 Å². The summed E-state index contributed by atoms with van der Waals surface area (Å²) in [6.07, 6.45) is 3.72. The van der Waals surface area contributed by atoms with Crippen LogP contribution in [0.5, 0.6) is 0 Å². The van der Waals surface area contributed by atoms with Gasteiger partial charge in [0.15, 0.2) is 0 Å². The van der Waals surface area contributed by atoms with Crippen LogP contribution < -0.4 is 0 Å². The maximum Gasteiger partial charge on any atom is 0.410 e. The molecule has 3 heterocycles. The normalized spacial score (nSPS) is 19.1. The van der Waals surface area contributed by atoms with E-state index in [-0.39, 0.29) is 12.1 Å². The van der Waals surface area contributed by atoms with Gasteiger partial charge in [-0.1, -0.05) is 13.8 Å². The first kappa shape index (κ1) is 13.0. The molecule has 1 aliphatic heterocycles. The number of hydrogen-bond acceptors (Lipinski definition) is 3. The fourth-order valence-corrected chi connectivity index (χ4v) is 2.59. The van der Waals surface area contributed by atoms with Gasteiger partial charge >= 0.3 is 6.09 Å². The molecule has 0 saturated carbocycles. The highest BCUT2D eigenvalue weighted by atomic mass is 16.6. The molecule has 1 amide bonds. The van der Waals surface area contributed by atoms with E-state index in [1.807, 2.05) is 35.9 Å². The Morgan fingerprint density at radius 1 is 1.50 bits per heavy atom. The molecule has 0 spiro atoms. The molecule has 0 unspecified atom stereocenters. The van der Waals surface area contributed by atoms with Crippen LogP contribution in [0.15, 0.2) is 24.5 Å². The minimum Gasteiger partial charge on any atom is -0.447 e. The van der Waals surface area contributed by atoms with Crippen LogP contribution in [0.1, 0.15) is 25.1 Å². The van der Waals surface area contributed by atoms with Gasteiger partial charge in [0.1, 0.15) is 12.3 Å². The van der Waals surface area contributed by atoms with E-state index in [9.17, 15) is 4.79 Å². The Morgan fingerprint density at radius 2 is 2.30 bits per heavy atom. The number of nitrogens with zero attached hydrogens (tertiary/aromatic N) is 3. The van der Waals surface area contributed by atoms with Gasteiger partial charge in [-0.3, -0.25) is 4.90 Å². The molecule has 106 valence electrons. The monoisotopic (exact) mass is 273 g/mol. The van der Waals surface area contributed by atoms with Crippen molar-refractivity contribution in [1.82, 2.24) is 14.3 Å². The first-order valence-electron chi connectivity index (χ1n) is 6.92. The number of fused-ring (bicyclic) bond motifs is 1. The summed E-state index contributed by atoms with van der Waals surface area (Å²) in [6, 6.07) is 4.21. The van der Waals surface area contributed by atoms with E-state index in [2.05, 4.69) is 18.8 Å². The number of carbonyl (C=O) groups excluding carboxylic acids is 1. The van der Waals surface area contributed by atoms with Crippen molar-refractivity contribution in [2.24, 2.45) is 5.92 Å². The molecule has 5 nitrogen and oxygen atoms in total. The van der Waals surface area contributed by atoms with Gasteiger partial charge in [-0.2, -0.15) is 0 Å². The molecule has 3 rings (SSSR count). The van der Waals surface area contributed by atoms with E-state index in [1.54, 1.807) is 4.90 Å². The third-order valence-corrected chi connectivity index (χ3v) is 3.78. The standard InChI is InChI=1S/C15H19N3O2/c1-10(2)13-9-20-15(19)18(13)8-12-7-17-5-4-11(3)6-14(17)16-12/h4-7,10,13H,8-9H2,1-3H3/t13-/m1/s1. The number of carbonyl (C=O) groups is 1. The average molecular weight is 273 g/mol. The number of amides is 1. The van der Waals surface area contributed by atoms with Gasteiger partial charge in [-0.25, -0.2) is 9.78 Å². The SMILES string of the molecule is Cc1ccn2cc(CN3C(=O)OC[C@@H]3C(C)C)nc2c1. The number of imidazole rings is 1. The Hall–Kier alpha value is -2.04. The molecule has 0 bridgehead atoms. The molecular formula is C15H19N3O2. The summed E-state index contributed by atoms with van der Waals surface area (Å²) in [5, 5.41) is 0. The fourth-order valence-electron chi connectivity index (χ4n) is 2.59. The quantitative estimate of drug-likeness (QED) is 0.863. The number of rotatable bonds is 3. The molecule has 1 atom stereocenters. The number of hydrogen-bond donors (Lipinski definition) is 0. The van der Waals surface area contributed by atoms with Crippen LogP contribution in [0.2, 0.25) is 0 Å². The number of pyridine rings is 1. The molecule has 1 saturated heterocycles. The molecule has 2 aromatic heterocycles. The first-order chi connectivity index (χ1) is 9.54. The topological polar surface area (TPSA) is 46.8 Å². The minimum atomic E-state index is -0.239. The van der Waals surface area contributed by atoms with E-state index < -0.39 is 0 Å². The lowest BCUT2D eigenvalue weighted by Gasteiger charge is -2.23. The summed E-state index contributed by atoms with van der Waals surface area (Å²) in [6.45, 7) is 7.23. The molecule has 20 heavy (non-hydrogen) atoms. The van der Waals surface area contributed by atoms with Crippen molar-refractivity contribution in [2.45, 2.75) is 33.4 Å². The number of aromatic nitrogens is 2. The average Bonchev–Trinajstić information content (AvgIpc) is 2.93. The molecule has 1 fully saturated rings. The second-order valence-electron chi connectivity index (χ2n) is 5.72. The molecule has 5 heteroatoms. The summed E-state index contributed by atoms with van der Waals surface area (Å²) in [5.41, 5.74) is 2.98. The van der Waals surface area contributed by atoms with Gasteiger partial charge in [0.2, 0.25) is 0 Å². The van der Waals surface area contributed by atoms with Crippen molar-refractivity contribution >= 4 is 11.7 Å². The van der Waals surface area contributed by atoms with Gasteiger partial charge in [-0.05, 0) is 30.5 Å². The highest BCUT2D eigenvalue weighted by Gasteiger charge is 2.35. The summed E-state index contributed by atoms with van der Waals surface area (Å²) in [5.74, 6) is 0.376. The zero-order chi connectivity index (χ0) is 14.3. The fraction of sp³-hybridized carbons (Fsp3) is 0.467. The summed E-state index contributed by atoms with van der Waals surface area (Å²) in [7, 11) is 0. The van der Waals surface area contributed by atoms with E-state index in [0.29, 0.717) is 19.1 Å². The maximum absolute atomic E-state index is 11.8. The predicted molar refractivity (Wildman–Crippen MR) is 75.4 cm³/mol. The molecule has 1 aliphatic rings. The Morgan fingerprint density at radius 3 is 3.05 bits per heavy atom. The van der Waals surface area contributed by atoms with Gasteiger partial charge in [-0.15, -0.1) is 0 Å². The van der Waals surface area contributed by atoms with E-state index in [4.69, 9.17) is 4.74 Å². The lowest BCUT2D eigenvalue weighted by molar-refractivity contribution is 0.154. The summed E-state index contributed by atoms with van der Waals surface area (Å²) < 4.78 is 7.14. The van der Waals surface area contributed by atoms with Gasteiger partial charge in [0.05, 0.1) is 18.3 Å². The molecule has 2 aromatic rings. The van der Waals surface area contributed by atoms with Gasteiger partial charge in [0.25, 0.3) is 0 Å². The summed E-state index contributed by atoms with van der Waals surface area (Å²) in [4.78, 5) is 18.2. The van der Waals surface area contributed by atoms with Crippen LogP contribution in [0.3, 0.4) is 0 Å². The van der Waals surface area contributed by atoms with Crippen molar-refractivity contribution in [3.05, 3.63) is 35.8 Å². The lowest BCUT2D eigenvalue weighted by atomic mass is 10.0. The maximum atomic E-state index is 11.8. The number of aryl methyl sites for hydroxylation is 1. The molecule has 0 aromatic carbocycles. The van der Waals surface area contributed by atoms with Crippen molar-refractivity contribution in [3.8, 4) is 0 Å². The Bertz CT molecular complexity index is 648. The Labute approximate surface area is 118 Å². The zero-order valence-corrected chi connectivity index (χ0v) is 12.0. The third-order valence-electron chi connectivity index (χ3n) is 3.78. The number of ether oxygens (including phenoxy) is 1. The lowest BCUT2D eigenvalue weighted by Crippen LogP contribution is -2.36. The van der Waals surface area contributed by atoms with Gasteiger partial charge < -0.3 is 9.14 Å². The van der Waals surface area contributed by atoms with Crippen molar-refractivity contribution in [2.75, 3.05) is 6.61 Å². The van der Waals surface area contributed by atoms with Crippen LogP contribution in [-0.2, 0) is 11.3 Å². The Balaban J connectivity index is 1.86. The minimum absolute atomic E-state index is 0.133. The first-order valence-corrected chi connectivity index (χ1v) is 6.92. The second-order valence-corrected chi connectivity index (χ2v) is 5.72. The van der Waals surface area contributed by atoms with E-state index >= 15 is 0 Å². The molecular weight excluding hydrogens is 254 g/mol. The zero-order valence-electron chi connectivity index (χ0n) is 12.0. The third kappa shape index (κ3) is 2.24. The summed E-state index contributed by atoms with van der Waals surface area (Å²) >= 11 is 0. The van der Waals surface area contributed by atoms with Crippen LogP contribution in [0.25, 0.3) is 5.65 Å². The molecule has 0 N–H and O–H groups in total. The van der Waals surface area contributed by atoms with Crippen LogP contribution in [0.4, 0.5) is 4.79 Å². The number of cyclic esters (lactones) is 1. The highest BCUT2D eigenvalue weighted by molar-refractivity contribution is 5.70. The highest BCUT2D eigenvalue weighted by Crippen LogP contribution is 2.22. The van der Waals surface area contributed by atoms with Crippen molar-refractivity contribution < 1.29 is 9.53 Å². The van der Waals surface area contributed by atoms with E-state index in [1.165, 1.54) is 5.56 Å². The van der Waals surface area contributed by atoms with Crippen molar-refractivity contribution in [1.29, 1.82) is 0 Å². The Kier molecular flexibility index (Phi) is 3.12. The van der Waals surface area contributed by atoms with Crippen molar-refractivity contribution in [3.63, 3.8) is 0 Å². The second kappa shape index (κ2) is 4.81. The predicted octanol–water partition coefficient (Wildman–Crippen LogP) is 2.62. The largest absolute Gasteiger partial charge is 0.447 e. The van der Waals surface area contributed by atoms with Crippen LogP contribution in [0, 0.1) is 12.8 Å². The smallest absolute Gasteiger partial charge is 0.410 e. The van der Waals surface area contributed by atoms with Gasteiger partial charge in [0, 0.05) is 12.4 Å². The molecule has 0 aliphatic carbocycles.